The molecule has 1 aromatic heterocycles. The van der Waals surface area contributed by atoms with Crippen LogP contribution in [0.25, 0.3) is 11.4 Å². The molecule has 6 heteroatoms. The van der Waals surface area contributed by atoms with Crippen molar-refractivity contribution in [3.63, 3.8) is 0 Å². The minimum absolute atomic E-state index is 0.301. The van der Waals surface area contributed by atoms with Crippen molar-refractivity contribution in [3.8, 4) is 11.4 Å². The first-order valence-electron chi connectivity index (χ1n) is 6.95. The zero-order valence-electron chi connectivity index (χ0n) is 11.5. The average molecular weight is 275 g/mol. The average Bonchev–Trinajstić information content (AvgIpc) is 3.01. The van der Waals surface area contributed by atoms with E-state index >= 15 is 0 Å². The Kier molecular flexibility index (Phi) is 3.16. The minimum atomic E-state index is -0.351. The lowest BCUT2D eigenvalue weighted by atomic mass is 10.0. The van der Waals surface area contributed by atoms with E-state index in [1.807, 2.05) is 0 Å². The van der Waals surface area contributed by atoms with Crippen LogP contribution >= 0.6 is 0 Å². The Morgan fingerprint density at radius 2 is 2.20 bits per heavy atom. The fourth-order valence-electron chi connectivity index (χ4n) is 2.73. The zero-order valence-corrected chi connectivity index (χ0v) is 11.5. The molecule has 0 aliphatic heterocycles. The summed E-state index contributed by atoms with van der Waals surface area (Å²) < 4.78 is 15.7. The van der Waals surface area contributed by atoms with E-state index in [0.29, 0.717) is 22.5 Å². The van der Waals surface area contributed by atoms with Crippen molar-refractivity contribution in [2.75, 3.05) is 5.73 Å². The van der Waals surface area contributed by atoms with Gasteiger partial charge in [0.2, 0.25) is 0 Å². The maximum absolute atomic E-state index is 13.9. The molecule has 2 aromatic rings. The van der Waals surface area contributed by atoms with E-state index in [4.69, 9.17) is 5.73 Å². The number of halogens is 1. The summed E-state index contributed by atoms with van der Waals surface area (Å²) in [4.78, 5) is 0. The van der Waals surface area contributed by atoms with E-state index in [1.54, 1.807) is 10.7 Å². The highest BCUT2D eigenvalue weighted by Gasteiger charge is 2.42. The number of tetrazole rings is 1. The van der Waals surface area contributed by atoms with E-state index in [-0.39, 0.29) is 5.82 Å². The molecular formula is C14H18FN5. The van der Waals surface area contributed by atoms with Gasteiger partial charge in [0.25, 0.3) is 0 Å². The number of nitrogens with zero attached hydrogens (tertiary/aromatic N) is 4. The quantitative estimate of drug-likeness (QED) is 0.852. The summed E-state index contributed by atoms with van der Waals surface area (Å²) in [5.41, 5.74) is 6.90. The first-order valence-corrected chi connectivity index (χ1v) is 6.95. The molecule has 5 nitrogen and oxygen atoms in total. The second kappa shape index (κ2) is 4.85. The van der Waals surface area contributed by atoms with Gasteiger partial charge in [-0.05, 0) is 53.3 Å². The molecule has 20 heavy (non-hydrogen) atoms. The van der Waals surface area contributed by atoms with E-state index in [2.05, 4.69) is 22.4 Å². The molecule has 1 aliphatic carbocycles. The molecule has 1 aromatic carbocycles. The van der Waals surface area contributed by atoms with Crippen LogP contribution in [-0.2, 0) is 6.54 Å². The van der Waals surface area contributed by atoms with Crippen molar-refractivity contribution < 1.29 is 4.39 Å². The fourth-order valence-corrected chi connectivity index (χ4v) is 2.73. The lowest BCUT2D eigenvalue weighted by Crippen LogP contribution is -2.14. The molecule has 0 radical (unpaired) electrons. The number of nitrogen functional groups attached to an aromatic ring is 1. The fraction of sp³-hybridized carbons (Fsp3) is 0.500. The standard InChI is InChI=1S/C14H18FN5/c1-2-5-14(6-7-14)9-20-13(17-18-19-20)11-8-10(16)3-4-12(11)15/h3-4,8H,2,5-7,9,16H2,1H3. The number of rotatable bonds is 5. The van der Waals surface area contributed by atoms with E-state index in [1.165, 1.54) is 25.0 Å². The topological polar surface area (TPSA) is 69.6 Å². The SMILES string of the molecule is CCCC1(Cn2nnnc2-c2cc(N)ccc2F)CC1. The van der Waals surface area contributed by atoms with Gasteiger partial charge in [-0.3, -0.25) is 0 Å². The first-order chi connectivity index (χ1) is 9.63. The van der Waals surface area contributed by atoms with E-state index in [0.717, 1.165) is 19.4 Å². The molecule has 1 heterocycles. The Balaban J connectivity index is 1.92. The Labute approximate surface area is 117 Å². The highest BCUT2D eigenvalue weighted by molar-refractivity contribution is 5.61. The molecule has 0 bridgehead atoms. The van der Waals surface area contributed by atoms with Gasteiger partial charge in [-0.25, -0.2) is 9.07 Å². The normalized spacial score (nSPS) is 16.3. The van der Waals surface area contributed by atoms with E-state index in [9.17, 15) is 4.39 Å². The second-order valence-electron chi connectivity index (χ2n) is 5.65. The van der Waals surface area contributed by atoms with Crippen molar-refractivity contribution in [1.29, 1.82) is 0 Å². The predicted octanol–water partition coefficient (Wildman–Crippen LogP) is 2.64. The third-order valence-electron chi connectivity index (χ3n) is 3.99. The number of nitrogens with two attached hydrogens (primary N) is 1. The summed E-state index contributed by atoms with van der Waals surface area (Å²) in [6.07, 6.45) is 4.69. The molecule has 106 valence electrons. The third-order valence-corrected chi connectivity index (χ3v) is 3.99. The van der Waals surface area contributed by atoms with Crippen molar-refractivity contribution in [3.05, 3.63) is 24.0 Å². The number of aromatic nitrogens is 4. The van der Waals surface area contributed by atoms with Gasteiger partial charge >= 0.3 is 0 Å². The van der Waals surface area contributed by atoms with Crippen LogP contribution in [0.5, 0.6) is 0 Å². The van der Waals surface area contributed by atoms with Crippen molar-refractivity contribution in [2.45, 2.75) is 39.2 Å². The van der Waals surface area contributed by atoms with Crippen LogP contribution in [0.1, 0.15) is 32.6 Å². The summed E-state index contributed by atoms with van der Waals surface area (Å²) in [5.74, 6) is 0.104. The monoisotopic (exact) mass is 275 g/mol. The molecule has 1 aliphatic rings. The van der Waals surface area contributed by atoms with Gasteiger partial charge in [-0.2, -0.15) is 0 Å². The van der Waals surface area contributed by atoms with Crippen LogP contribution in [-0.4, -0.2) is 20.2 Å². The summed E-state index contributed by atoms with van der Waals surface area (Å²) in [6.45, 7) is 2.93. The highest BCUT2D eigenvalue weighted by Crippen LogP contribution is 2.51. The van der Waals surface area contributed by atoms with Crippen molar-refractivity contribution in [1.82, 2.24) is 20.2 Å². The van der Waals surface area contributed by atoms with E-state index < -0.39 is 0 Å². The molecule has 0 unspecified atom stereocenters. The molecule has 0 spiro atoms. The molecule has 1 fully saturated rings. The van der Waals surface area contributed by atoms with Crippen LogP contribution < -0.4 is 5.73 Å². The van der Waals surface area contributed by atoms with Crippen LogP contribution in [0.3, 0.4) is 0 Å². The molecule has 0 amide bonds. The van der Waals surface area contributed by atoms with Crippen LogP contribution in [0, 0.1) is 11.2 Å². The zero-order chi connectivity index (χ0) is 14.2. The molecule has 2 N–H and O–H groups in total. The summed E-state index contributed by atoms with van der Waals surface area (Å²) in [6, 6.07) is 4.46. The Hall–Kier alpha value is -1.98. The molecule has 3 rings (SSSR count). The van der Waals surface area contributed by atoms with Crippen molar-refractivity contribution >= 4 is 5.69 Å². The smallest absolute Gasteiger partial charge is 0.185 e. The van der Waals surface area contributed by atoms with Gasteiger partial charge < -0.3 is 5.73 Å². The Morgan fingerprint density at radius 1 is 1.40 bits per heavy atom. The van der Waals surface area contributed by atoms with Gasteiger partial charge in [0.1, 0.15) is 5.82 Å². The lowest BCUT2D eigenvalue weighted by Gasteiger charge is -2.14. The highest BCUT2D eigenvalue weighted by atomic mass is 19.1. The third kappa shape index (κ3) is 2.37. The molecule has 0 saturated heterocycles. The second-order valence-corrected chi connectivity index (χ2v) is 5.65. The number of anilines is 1. The molecule has 0 atom stereocenters. The lowest BCUT2D eigenvalue weighted by molar-refractivity contribution is 0.365. The molecular weight excluding hydrogens is 257 g/mol. The summed E-state index contributed by atoms with van der Waals surface area (Å²) in [7, 11) is 0. The van der Waals surface area contributed by atoms with Crippen LogP contribution in [0.15, 0.2) is 18.2 Å². The maximum atomic E-state index is 13.9. The predicted molar refractivity (Wildman–Crippen MR) is 74.2 cm³/mol. The van der Waals surface area contributed by atoms with Gasteiger partial charge in [0, 0.05) is 5.69 Å². The minimum Gasteiger partial charge on any atom is -0.399 e. The number of hydrogen-bond acceptors (Lipinski definition) is 4. The largest absolute Gasteiger partial charge is 0.399 e. The van der Waals surface area contributed by atoms with Gasteiger partial charge in [0.05, 0.1) is 12.1 Å². The van der Waals surface area contributed by atoms with Gasteiger partial charge in [-0.15, -0.1) is 5.10 Å². The van der Waals surface area contributed by atoms with Gasteiger partial charge in [-0.1, -0.05) is 13.3 Å². The van der Waals surface area contributed by atoms with Crippen LogP contribution in [0.4, 0.5) is 10.1 Å². The Morgan fingerprint density at radius 3 is 2.90 bits per heavy atom. The van der Waals surface area contributed by atoms with Crippen LogP contribution in [0.2, 0.25) is 0 Å². The van der Waals surface area contributed by atoms with Crippen molar-refractivity contribution in [2.24, 2.45) is 5.41 Å². The summed E-state index contributed by atoms with van der Waals surface area (Å²) in [5, 5.41) is 11.7. The first kappa shape index (κ1) is 13.0. The summed E-state index contributed by atoms with van der Waals surface area (Å²) >= 11 is 0. The number of hydrogen-bond donors (Lipinski definition) is 1. The maximum Gasteiger partial charge on any atom is 0.185 e. The van der Waals surface area contributed by atoms with Gasteiger partial charge in [0.15, 0.2) is 5.82 Å². The number of benzene rings is 1. The Bertz CT molecular complexity index is 618. The molecule has 1 saturated carbocycles.